The molecule has 142 valence electrons. The van der Waals surface area contributed by atoms with Crippen molar-refractivity contribution in [2.24, 2.45) is 0 Å². The topological polar surface area (TPSA) is 77.8 Å². The van der Waals surface area contributed by atoms with Crippen molar-refractivity contribution in [2.45, 2.75) is 18.6 Å². The average Bonchev–Trinajstić information content (AvgIpc) is 3.24. The highest BCUT2D eigenvalue weighted by Gasteiger charge is 2.51. The predicted molar refractivity (Wildman–Crippen MR) is 108 cm³/mol. The minimum atomic E-state index is -2.04. The molecular formula is C21H16ClNO4S. The van der Waals surface area contributed by atoms with Gasteiger partial charge in [-0.2, -0.15) is 0 Å². The van der Waals surface area contributed by atoms with Crippen LogP contribution in [0.25, 0.3) is 0 Å². The van der Waals surface area contributed by atoms with Crippen LogP contribution in [0.1, 0.15) is 27.2 Å². The molecule has 3 aromatic rings. The molecule has 1 unspecified atom stereocenters. The molecule has 2 heterocycles. The van der Waals surface area contributed by atoms with Crippen LogP contribution in [0.4, 0.5) is 5.69 Å². The van der Waals surface area contributed by atoms with Crippen LogP contribution in [0.15, 0.2) is 60.0 Å². The van der Waals surface area contributed by atoms with Crippen LogP contribution < -0.4 is 4.90 Å². The molecular weight excluding hydrogens is 398 g/mol. The molecule has 7 heteroatoms. The molecule has 0 saturated heterocycles. The van der Waals surface area contributed by atoms with Crippen LogP contribution in [0.2, 0.25) is 5.02 Å². The van der Waals surface area contributed by atoms with Gasteiger partial charge in [0.2, 0.25) is 0 Å². The first-order chi connectivity index (χ1) is 13.4. The van der Waals surface area contributed by atoms with E-state index in [4.69, 9.17) is 11.6 Å². The number of fused-ring (bicyclic) bond motifs is 1. The molecule has 0 aliphatic carbocycles. The van der Waals surface area contributed by atoms with Crippen molar-refractivity contribution in [1.82, 2.24) is 0 Å². The molecule has 0 fully saturated rings. The summed E-state index contributed by atoms with van der Waals surface area (Å²) < 4.78 is 0. The van der Waals surface area contributed by atoms with Crippen molar-refractivity contribution in [3.63, 3.8) is 0 Å². The maximum atomic E-state index is 13.2. The molecule has 28 heavy (non-hydrogen) atoms. The number of Topliss-reactive ketones (excluding diaryl/α,β-unsaturated/α-hetero) is 1. The number of halogens is 1. The van der Waals surface area contributed by atoms with Crippen molar-refractivity contribution in [2.75, 3.05) is 4.90 Å². The number of ketones is 1. The summed E-state index contributed by atoms with van der Waals surface area (Å²) in [5.41, 5.74) is -1.17. The minimum Gasteiger partial charge on any atom is -0.507 e. The maximum Gasteiger partial charge on any atom is 0.264 e. The van der Waals surface area contributed by atoms with E-state index >= 15 is 0 Å². The Morgan fingerprint density at radius 2 is 1.93 bits per heavy atom. The van der Waals surface area contributed by atoms with Crippen molar-refractivity contribution in [3.8, 4) is 5.75 Å². The van der Waals surface area contributed by atoms with Crippen molar-refractivity contribution in [3.05, 3.63) is 81.0 Å². The zero-order valence-electron chi connectivity index (χ0n) is 14.6. The summed E-state index contributed by atoms with van der Waals surface area (Å²) in [5.74, 6) is -1.30. The minimum absolute atomic E-state index is 0.0593. The van der Waals surface area contributed by atoms with E-state index in [2.05, 4.69) is 0 Å². The summed E-state index contributed by atoms with van der Waals surface area (Å²) in [7, 11) is 0. The lowest BCUT2D eigenvalue weighted by molar-refractivity contribution is -0.136. The maximum absolute atomic E-state index is 13.2. The summed E-state index contributed by atoms with van der Waals surface area (Å²) in [6.45, 7) is 0.290. The van der Waals surface area contributed by atoms with Gasteiger partial charge in [-0.05, 0) is 41.8 Å². The number of phenolic OH excluding ortho intramolecular Hbond substituents is 1. The second kappa shape index (κ2) is 7.05. The Kier molecular flexibility index (Phi) is 4.71. The Morgan fingerprint density at radius 1 is 1.14 bits per heavy atom. The van der Waals surface area contributed by atoms with Gasteiger partial charge in [0, 0.05) is 15.5 Å². The molecule has 0 saturated carbocycles. The van der Waals surface area contributed by atoms with E-state index in [1.807, 2.05) is 17.5 Å². The summed E-state index contributed by atoms with van der Waals surface area (Å²) in [6, 6.07) is 14.7. The smallest absolute Gasteiger partial charge is 0.264 e. The summed E-state index contributed by atoms with van der Waals surface area (Å²) in [6.07, 6.45) is -0.488. The van der Waals surface area contributed by atoms with E-state index in [9.17, 15) is 19.8 Å². The van der Waals surface area contributed by atoms with Crippen molar-refractivity contribution < 1.29 is 19.8 Å². The number of hydrogen-bond acceptors (Lipinski definition) is 5. The fourth-order valence-corrected chi connectivity index (χ4v) is 4.31. The van der Waals surface area contributed by atoms with E-state index in [0.717, 1.165) is 4.88 Å². The Morgan fingerprint density at radius 3 is 2.64 bits per heavy atom. The first-order valence-corrected chi connectivity index (χ1v) is 9.84. The van der Waals surface area contributed by atoms with Crippen LogP contribution in [0, 0.1) is 0 Å². The van der Waals surface area contributed by atoms with Crippen LogP contribution in [0.3, 0.4) is 0 Å². The van der Waals surface area contributed by atoms with Crippen LogP contribution in [-0.4, -0.2) is 21.9 Å². The predicted octanol–water partition coefficient (Wildman–Crippen LogP) is 4.11. The number of aromatic hydroxyl groups is 1. The fourth-order valence-electron chi connectivity index (χ4n) is 3.45. The van der Waals surface area contributed by atoms with Gasteiger partial charge in [0.05, 0.1) is 24.2 Å². The van der Waals surface area contributed by atoms with Crippen LogP contribution >= 0.6 is 22.9 Å². The third kappa shape index (κ3) is 3.09. The standard InChI is InChI=1S/C21H16ClNO4S/c22-13-7-8-17-16(10-13)21(27,11-19(25)15-5-1-2-6-18(15)24)20(26)23(17)12-14-4-3-9-28-14/h1-10,24,27H,11-12H2. The molecule has 1 atom stereocenters. The van der Waals surface area contributed by atoms with Gasteiger partial charge >= 0.3 is 0 Å². The van der Waals surface area contributed by atoms with Gasteiger partial charge < -0.3 is 15.1 Å². The average molecular weight is 414 g/mol. The lowest BCUT2D eigenvalue weighted by atomic mass is 9.88. The van der Waals surface area contributed by atoms with E-state index in [1.54, 1.807) is 24.3 Å². The first kappa shape index (κ1) is 18.7. The van der Waals surface area contributed by atoms with E-state index in [1.165, 1.54) is 34.4 Å². The summed E-state index contributed by atoms with van der Waals surface area (Å²) >= 11 is 7.60. The van der Waals surface area contributed by atoms with Gasteiger partial charge in [-0.15, -0.1) is 11.3 Å². The highest BCUT2D eigenvalue weighted by molar-refractivity contribution is 7.09. The monoisotopic (exact) mass is 413 g/mol. The number of phenols is 1. The van der Waals surface area contributed by atoms with Crippen molar-refractivity contribution >= 4 is 40.3 Å². The highest BCUT2D eigenvalue weighted by atomic mass is 35.5. The van der Waals surface area contributed by atoms with E-state index in [0.29, 0.717) is 16.3 Å². The first-order valence-electron chi connectivity index (χ1n) is 8.58. The quantitative estimate of drug-likeness (QED) is 0.617. The summed E-state index contributed by atoms with van der Waals surface area (Å²) in [5, 5.41) is 23.5. The molecule has 0 bridgehead atoms. The number of aliphatic hydroxyl groups is 1. The number of benzene rings is 2. The lowest BCUT2D eigenvalue weighted by Crippen LogP contribution is -2.41. The number of carbonyl (C=O) groups is 2. The highest BCUT2D eigenvalue weighted by Crippen LogP contribution is 2.45. The lowest BCUT2D eigenvalue weighted by Gasteiger charge is -2.22. The molecule has 2 aromatic carbocycles. The molecule has 2 N–H and O–H groups in total. The van der Waals surface area contributed by atoms with Crippen LogP contribution in [-0.2, 0) is 16.9 Å². The van der Waals surface area contributed by atoms with Gasteiger partial charge in [-0.25, -0.2) is 0 Å². The van der Waals surface area contributed by atoms with Crippen LogP contribution in [0.5, 0.6) is 5.75 Å². The molecule has 1 aliphatic heterocycles. The molecule has 1 amide bonds. The number of para-hydroxylation sites is 1. The van der Waals surface area contributed by atoms with Crippen molar-refractivity contribution in [1.29, 1.82) is 0 Å². The van der Waals surface area contributed by atoms with Gasteiger partial charge in [0.15, 0.2) is 11.4 Å². The number of hydrogen-bond donors (Lipinski definition) is 2. The van der Waals surface area contributed by atoms with E-state index in [-0.39, 0.29) is 17.9 Å². The Hall–Kier alpha value is -2.67. The Bertz CT molecular complexity index is 1070. The van der Waals surface area contributed by atoms with Gasteiger partial charge in [-0.1, -0.05) is 29.8 Å². The molecule has 0 radical (unpaired) electrons. The molecule has 1 aliphatic rings. The Balaban J connectivity index is 1.73. The molecule has 4 rings (SSSR count). The Labute approximate surface area is 170 Å². The molecule has 0 spiro atoms. The second-order valence-electron chi connectivity index (χ2n) is 6.61. The van der Waals surface area contributed by atoms with E-state index < -0.39 is 23.7 Å². The largest absolute Gasteiger partial charge is 0.507 e. The van der Waals surface area contributed by atoms with Gasteiger partial charge in [0.25, 0.3) is 5.91 Å². The number of nitrogens with zero attached hydrogens (tertiary/aromatic N) is 1. The molecule has 1 aromatic heterocycles. The third-order valence-corrected chi connectivity index (χ3v) is 5.91. The normalized spacial score (nSPS) is 18.4. The third-order valence-electron chi connectivity index (χ3n) is 4.81. The van der Waals surface area contributed by atoms with Gasteiger partial charge in [-0.3, -0.25) is 9.59 Å². The summed E-state index contributed by atoms with van der Waals surface area (Å²) in [4.78, 5) is 28.4. The number of thiophene rings is 1. The fraction of sp³-hybridized carbons (Fsp3) is 0.143. The number of rotatable bonds is 5. The number of amides is 1. The zero-order chi connectivity index (χ0) is 19.9. The number of carbonyl (C=O) groups excluding carboxylic acids is 2. The number of anilines is 1. The molecule has 5 nitrogen and oxygen atoms in total. The van der Waals surface area contributed by atoms with Gasteiger partial charge in [0.1, 0.15) is 5.75 Å². The SMILES string of the molecule is O=C(CC1(O)C(=O)N(Cc2cccs2)c2ccc(Cl)cc21)c1ccccc1O. The zero-order valence-corrected chi connectivity index (χ0v) is 16.2. The second-order valence-corrected chi connectivity index (χ2v) is 8.08.